The summed E-state index contributed by atoms with van der Waals surface area (Å²) in [4.78, 5) is 26.0. The van der Waals surface area contributed by atoms with Gasteiger partial charge in [0.25, 0.3) is 0 Å². The number of methoxy groups -OCH3 is 3. The number of halogens is 1. The van der Waals surface area contributed by atoms with Gasteiger partial charge in [-0.2, -0.15) is 0 Å². The van der Waals surface area contributed by atoms with Crippen molar-refractivity contribution in [3.8, 4) is 39.9 Å². The molecule has 36 heavy (non-hydrogen) atoms. The van der Waals surface area contributed by atoms with E-state index in [2.05, 4.69) is 0 Å². The molecule has 3 aromatic carbocycles. The van der Waals surface area contributed by atoms with Crippen LogP contribution in [0.15, 0.2) is 57.9 Å². The molecule has 0 aliphatic carbocycles. The fourth-order valence-electron chi connectivity index (χ4n) is 4.55. The molecule has 0 unspecified atom stereocenters. The number of carbonyl (C=O) groups is 1. The smallest absolute Gasteiger partial charge is 0.312 e. The van der Waals surface area contributed by atoms with E-state index in [1.165, 1.54) is 33.7 Å². The van der Waals surface area contributed by atoms with Crippen LogP contribution in [0.1, 0.15) is 23.5 Å². The first-order chi connectivity index (χ1) is 17.4. The number of phenolic OH excluding ortho intramolecular Hbond substituents is 1. The van der Waals surface area contributed by atoms with Gasteiger partial charge >= 0.3 is 5.97 Å². The molecule has 5 rings (SSSR count). The lowest BCUT2D eigenvalue weighted by molar-refractivity contribution is -0.135. The number of carbonyl (C=O) groups excluding carboxylic acids is 1. The summed E-state index contributed by atoms with van der Waals surface area (Å²) in [5, 5.41) is 11.3. The molecule has 0 spiro atoms. The van der Waals surface area contributed by atoms with Gasteiger partial charge in [-0.3, -0.25) is 9.59 Å². The lowest BCUT2D eigenvalue weighted by Gasteiger charge is -2.27. The van der Waals surface area contributed by atoms with Crippen LogP contribution in [0.4, 0.5) is 0 Å². The number of hydrogen-bond acceptors (Lipinski definition) is 8. The van der Waals surface area contributed by atoms with Crippen molar-refractivity contribution in [1.82, 2.24) is 0 Å². The van der Waals surface area contributed by atoms with Crippen LogP contribution >= 0.6 is 11.6 Å². The van der Waals surface area contributed by atoms with Gasteiger partial charge in [0.05, 0.1) is 33.3 Å². The Kier molecular flexibility index (Phi) is 5.97. The molecule has 0 bridgehead atoms. The zero-order valence-electron chi connectivity index (χ0n) is 19.6. The van der Waals surface area contributed by atoms with Gasteiger partial charge in [0.2, 0.25) is 11.2 Å². The van der Waals surface area contributed by atoms with Gasteiger partial charge in [-0.25, -0.2) is 0 Å². The predicted molar refractivity (Wildman–Crippen MR) is 133 cm³/mol. The third kappa shape index (κ3) is 3.79. The number of rotatable bonds is 5. The van der Waals surface area contributed by atoms with E-state index in [0.29, 0.717) is 39.0 Å². The molecule has 0 amide bonds. The molecule has 184 valence electrons. The average Bonchev–Trinajstić information content (AvgIpc) is 2.87. The van der Waals surface area contributed by atoms with Gasteiger partial charge in [-0.15, -0.1) is 0 Å². The lowest BCUT2D eigenvalue weighted by atomic mass is 9.84. The average molecular weight is 509 g/mol. The molecule has 9 heteroatoms. The number of aromatic hydroxyl groups is 1. The maximum atomic E-state index is 13.5. The maximum Gasteiger partial charge on any atom is 0.312 e. The minimum atomic E-state index is -0.581. The Morgan fingerprint density at radius 2 is 1.64 bits per heavy atom. The quantitative estimate of drug-likeness (QED) is 0.286. The van der Waals surface area contributed by atoms with E-state index in [0.717, 1.165) is 0 Å². The molecule has 8 nitrogen and oxygen atoms in total. The van der Waals surface area contributed by atoms with Crippen LogP contribution in [-0.2, 0) is 4.79 Å². The van der Waals surface area contributed by atoms with Crippen molar-refractivity contribution >= 4 is 28.5 Å². The van der Waals surface area contributed by atoms with Crippen molar-refractivity contribution in [2.45, 2.75) is 12.3 Å². The molecule has 0 radical (unpaired) electrons. The molecule has 1 aliphatic rings. The van der Waals surface area contributed by atoms with Gasteiger partial charge in [-0.05, 0) is 35.4 Å². The van der Waals surface area contributed by atoms with Crippen molar-refractivity contribution in [3.05, 3.63) is 75.1 Å². The Morgan fingerprint density at radius 1 is 0.972 bits per heavy atom. The first-order valence-corrected chi connectivity index (χ1v) is 11.3. The van der Waals surface area contributed by atoms with Crippen molar-refractivity contribution in [1.29, 1.82) is 0 Å². The SMILES string of the molecule is COc1cc([C@@H]2CC(=O)Oc3cc(O)c4c(=O)c(-c5ccc(Cl)cc5)coc4c32)cc(OC)c1OC. The van der Waals surface area contributed by atoms with Crippen LogP contribution < -0.4 is 24.4 Å². The Labute approximate surface area is 210 Å². The summed E-state index contributed by atoms with van der Waals surface area (Å²) in [6, 6.07) is 11.4. The second kappa shape index (κ2) is 9.13. The Morgan fingerprint density at radius 3 is 2.25 bits per heavy atom. The van der Waals surface area contributed by atoms with Gasteiger partial charge in [0.15, 0.2) is 11.5 Å². The highest BCUT2D eigenvalue weighted by Crippen LogP contribution is 2.48. The minimum Gasteiger partial charge on any atom is -0.507 e. The molecule has 1 N–H and O–H groups in total. The molecule has 2 heterocycles. The Balaban J connectivity index is 1.76. The maximum absolute atomic E-state index is 13.5. The summed E-state index contributed by atoms with van der Waals surface area (Å²) >= 11 is 5.98. The fraction of sp³-hybridized carbons (Fsp3) is 0.185. The molecule has 4 aromatic rings. The third-order valence-corrected chi connectivity index (χ3v) is 6.47. The Hall–Kier alpha value is -4.17. The molecule has 0 fully saturated rings. The van der Waals surface area contributed by atoms with E-state index in [4.69, 9.17) is 35.0 Å². The highest BCUT2D eigenvalue weighted by Gasteiger charge is 2.34. The highest BCUT2D eigenvalue weighted by atomic mass is 35.5. The van der Waals surface area contributed by atoms with E-state index in [1.54, 1.807) is 36.4 Å². The standard InChI is InChI=1S/C27H21ClO8/c1-32-20-8-14(9-21(33-2)26(20)34-3)16-10-22(30)36-19-11-18(29)24-25(31)17(12-35-27(24)23(16)19)13-4-6-15(28)7-5-13/h4-9,11-12,16,29H,10H2,1-3H3/t16-/m0/s1. The second-order valence-corrected chi connectivity index (χ2v) is 8.62. The fourth-order valence-corrected chi connectivity index (χ4v) is 4.67. The first kappa shape index (κ1) is 23.6. The van der Waals surface area contributed by atoms with Crippen LogP contribution in [0.25, 0.3) is 22.1 Å². The molecule has 1 aromatic heterocycles. The Bertz CT molecular complexity index is 1530. The van der Waals surface area contributed by atoms with E-state index in [-0.39, 0.29) is 34.5 Å². The summed E-state index contributed by atoms with van der Waals surface area (Å²) in [5.41, 5.74) is 1.64. The number of benzene rings is 3. The molecular formula is C27H21ClO8. The lowest BCUT2D eigenvalue weighted by Crippen LogP contribution is -2.22. The zero-order valence-corrected chi connectivity index (χ0v) is 20.3. The number of fused-ring (bicyclic) bond motifs is 3. The normalized spacial score (nSPS) is 14.8. The van der Waals surface area contributed by atoms with Crippen LogP contribution in [-0.4, -0.2) is 32.4 Å². The van der Waals surface area contributed by atoms with Gasteiger partial charge < -0.3 is 28.5 Å². The minimum absolute atomic E-state index is 0.0170. The topological polar surface area (TPSA) is 104 Å². The van der Waals surface area contributed by atoms with E-state index in [9.17, 15) is 14.7 Å². The number of esters is 1. The van der Waals surface area contributed by atoms with Gasteiger partial charge in [0, 0.05) is 22.6 Å². The molecule has 1 atom stereocenters. The first-order valence-electron chi connectivity index (χ1n) is 10.9. The van der Waals surface area contributed by atoms with E-state index >= 15 is 0 Å². The molecule has 0 saturated heterocycles. The zero-order chi connectivity index (χ0) is 25.6. The van der Waals surface area contributed by atoms with Crippen molar-refractivity contribution in [3.63, 3.8) is 0 Å². The van der Waals surface area contributed by atoms with E-state index < -0.39 is 17.3 Å². The summed E-state index contributed by atoms with van der Waals surface area (Å²) in [5.74, 6) is -0.118. The number of hydrogen-bond donors (Lipinski definition) is 1. The van der Waals surface area contributed by atoms with Crippen molar-refractivity contribution < 1.29 is 33.3 Å². The van der Waals surface area contributed by atoms with Gasteiger partial charge in [-0.1, -0.05) is 23.7 Å². The summed E-state index contributed by atoms with van der Waals surface area (Å²) in [6.07, 6.45) is 1.30. The van der Waals surface area contributed by atoms with Crippen LogP contribution in [0, 0.1) is 0 Å². The summed E-state index contributed by atoms with van der Waals surface area (Å²) in [6.45, 7) is 0. The molecular weight excluding hydrogens is 488 g/mol. The van der Waals surface area contributed by atoms with E-state index in [1.807, 2.05) is 0 Å². The van der Waals surface area contributed by atoms with Crippen molar-refractivity contribution in [2.75, 3.05) is 21.3 Å². The summed E-state index contributed by atoms with van der Waals surface area (Å²) < 4.78 is 27.8. The molecule has 1 aliphatic heterocycles. The second-order valence-electron chi connectivity index (χ2n) is 8.19. The highest BCUT2D eigenvalue weighted by molar-refractivity contribution is 6.30. The van der Waals surface area contributed by atoms with Crippen LogP contribution in [0.5, 0.6) is 28.7 Å². The van der Waals surface area contributed by atoms with Crippen LogP contribution in [0.3, 0.4) is 0 Å². The van der Waals surface area contributed by atoms with Crippen molar-refractivity contribution in [2.24, 2.45) is 0 Å². The number of ether oxygens (including phenoxy) is 4. The van der Waals surface area contributed by atoms with Crippen LogP contribution in [0.2, 0.25) is 5.02 Å². The largest absolute Gasteiger partial charge is 0.507 e. The monoisotopic (exact) mass is 508 g/mol. The third-order valence-electron chi connectivity index (χ3n) is 6.22. The predicted octanol–water partition coefficient (Wildman–Crippen LogP) is 5.29. The summed E-state index contributed by atoms with van der Waals surface area (Å²) in [7, 11) is 4.49. The number of phenols is 1. The molecule has 0 saturated carbocycles. The van der Waals surface area contributed by atoms with Gasteiger partial charge in [0.1, 0.15) is 28.7 Å².